The average Bonchev–Trinajstić information content (AvgIpc) is 2.68. The number of ether oxygens (including phenoxy) is 1. The lowest BCUT2D eigenvalue weighted by Crippen LogP contribution is -2.30. The van der Waals surface area contributed by atoms with Crippen molar-refractivity contribution in [3.8, 4) is 17.4 Å². The molecule has 2 aromatic carbocycles. The molecule has 0 fully saturated rings. The van der Waals surface area contributed by atoms with Crippen LogP contribution in [-0.2, 0) is 6.54 Å². The Hall–Kier alpha value is -2.83. The van der Waals surface area contributed by atoms with E-state index in [1.807, 2.05) is 49.0 Å². The summed E-state index contributed by atoms with van der Waals surface area (Å²) >= 11 is 6.10. The van der Waals surface area contributed by atoms with Crippen LogP contribution in [0.5, 0.6) is 17.4 Å². The lowest BCUT2D eigenvalue weighted by Gasteiger charge is -2.28. The van der Waals surface area contributed by atoms with E-state index < -0.39 is 0 Å². The molecule has 0 spiro atoms. The Morgan fingerprint density at radius 2 is 1.97 bits per heavy atom. The summed E-state index contributed by atoms with van der Waals surface area (Å²) in [5, 5.41) is 19.4. The van der Waals surface area contributed by atoms with E-state index in [4.69, 9.17) is 21.7 Å². The van der Waals surface area contributed by atoms with Crippen LogP contribution in [0.1, 0.15) is 29.0 Å². The summed E-state index contributed by atoms with van der Waals surface area (Å²) in [4.78, 5) is 6.62. The van der Waals surface area contributed by atoms with Gasteiger partial charge in [0.25, 0.3) is 0 Å². The fraction of sp³-hybridized carbons (Fsp3) is 0.273. The van der Waals surface area contributed by atoms with Crippen LogP contribution in [-0.4, -0.2) is 40.2 Å². The van der Waals surface area contributed by atoms with E-state index in [9.17, 15) is 5.11 Å². The number of nitrogens with one attached hydrogen (secondary N) is 1. The largest absolute Gasteiger partial charge is 0.508 e. The van der Waals surface area contributed by atoms with Gasteiger partial charge in [0.1, 0.15) is 23.3 Å². The third-order valence-corrected chi connectivity index (χ3v) is 5.35. The van der Waals surface area contributed by atoms with Crippen molar-refractivity contribution in [2.24, 2.45) is 0 Å². The van der Waals surface area contributed by atoms with E-state index >= 15 is 0 Å². The maximum atomic E-state index is 9.91. The van der Waals surface area contributed by atoms with Crippen LogP contribution in [0.3, 0.4) is 0 Å². The molecule has 150 valence electrons. The van der Waals surface area contributed by atoms with Crippen LogP contribution in [0.15, 0.2) is 48.8 Å². The van der Waals surface area contributed by atoms with Crippen LogP contribution in [0.4, 0.5) is 0 Å². The van der Waals surface area contributed by atoms with Gasteiger partial charge in [-0.05, 0) is 50.8 Å². The SMILES string of the molecule is CN(C)CCCn1cnc2c(c1=N)[C@H](c1ccc(Cl)cc1)c1ccc(O)cc1O2. The lowest BCUT2D eigenvalue weighted by molar-refractivity contribution is 0.378. The number of hydrogen-bond donors (Lipinski definition) is 2. The summed E-state index contributed by atoms with van der Waals surface area (Å²) in [6, 6.07) is 12.7. The van der Waals surface area contributed by atoms with Gasteiger partial charge in [-0.3, -0.25) is 5.41 Å². The molecule has 0 saturated carbocycles. The zero-order valence-electron chi connectivity index (χ0n) is 16.4. The molecule has 0 bridgehead atoms. The van der Waals surface area contributed by atoms with Gasteiger partial charge in [-0.15, -0.1) is 0 Å². The van der Waals surface area contributed by atoms with Crippen molar-refractivity contribution in [1.29, 1.82) is 5.41 Å². The summed E-state index contributed by atoms with van der Waals surface area (Å²) < 4.78 is 7.83. The number of hydrogen-bond acceptors (Lipinski definition) is 5. The third kappa shape index (κ3) is 3.86. The van der Waals surface area contributed by atoms with E-state index in [-0.39, 0.29) is 11.7 Å². The molecule has 4 rings (SSSR count). The fourth-order valence-electron chi connectivity index (χ4n) is 3.68. The molecular formula is C22H23ClN4O2. The molecule has 0 saturated heterocycles. The molecule has 6 nitrogen and oxygen atoms in total. The normalized spacial score (nSPS) is 15.0. The van der Waals surface area contributed by atoms with Crippen molar-refractivity contribution in [3.63, 3.8) is 0 Å². The second-order valence-corrected chi connectivity index (χ2v) is 7.91. The second kappa shape index (κ2) is 7.89. The number of aryl methyl sites for hydroxylation is 1. The smallest absolute Gasteiger partial charge is 0.228 e. The summed E-state index contributed by atoms with van der Waals surface area (Å²) in [7, 11) is 4.07. The highest BCUT2D eigenvalue weighted by molar-refractivity contribution is 6.30. The second-order valence-electron chi connectivity index (χ2n) is 7.47. The van der Waals surface area contributed by atoms with Crippen LogP contribution in [0, 0.1) is 5.41 Å². The molecule has 1 aromatic heterocycles. The molecular weight excluding hydrogens is 388 g/mol. The first-order valence-electron chi connectivity index (χ1n) is 9.49. The molecule has 1 atom stereocenters. The van der Waals surface area contributed by atoms with Gasteiger partial charge < -0.3 is 19.3 Å². The number of benzene rings is 2. The maximum absolute atomic E-state index is 9.91. The highest BCUT2D eigenvalue weighted by atomic mass is 35.5. The van der Waals surface area contributed by atoms with Crippen LogP contribution < -0.4 is 10.2 Å². The summed E-state index contributed by atoms with van der Waals surface area (Å²) in [5.74, 6) is 0.849. The van der Waals surface area contributed by atoms with Gasteiger partial charge >= 0.3 is 0 Å². The lowest BCUT2D eigenvalue weighted by atomic mass is 9.84. The minimum atomic E-state index is -0.229. The van der Waals surface area contributed by atoms with Crippen molar-refractivity contribution >= 4 is 11.6 Å². The van der Waals surface area contributed by atoms with Crippen molar-refractivity contribution in [1.82, 2.24) is 14.5 Å². The zero-order chi connectivity index (χ0) is 20.5. The van der Waals surface area contributed by atoms with E-state index in [1.165, 1.54) is 0 Å². The van der Waals surface area contributed by atoms with Gasteiger partial charge in [0.05, 0.1) is 5.56 Å². The average molecular weight is 411 g/mol. The fourth-order valence-corrected chi connectivity index (χ4v) is 3.81. The van der Waals surface area contributed by atoms with Gasteiger partial charge in [-0.2, -0.15) is 0 Å². The molecule has 7 heteroatoms. The molecule has 1 aliphatic rings. The Bertz CT molecular complexity index is 1090. The van der Waals surface area contributed by atoms with Gasteiger partial charge in [-0.1, -0.05) is 29.8 Å². The monoisotopic (exact) mass is 410 g/mol. The maximum Gasteiger partial charge on any atom is 0.228 e. The Morgan fingerprint density at radius 3 is 2.69 bits per heavy atom. The molecule has 2 heterocycles. The first kappa shape index (κ1) is 19.5. The quantitative estimate of drug-likeness (QED) is 0.522. The van der Waals surface area contributed by atoms with Gasteiger partial charge in [0.2, 0.25) is 5.88 Å². The van der Waals surface area contributed by atoms with Crippen molar-refractivity contribution in [3.05, 3.63) is 76.0 Å². The molecule has 3 aromatic rings. The van der Waals surface area contributed by atoms with Crippen molar-refractivity contribution in [2.45, 2.75) is 18.9 Å². The Kier molecular flexibility index (Phi) is 5.30. The first-order chi connectivity index (χ1) is 13.9. The zero-order valence-corrected chi connectivity index (χ0v) is 17.1. The number of rotatable bonds is 5. The van der Waals surface area contributed by atoms with Crippen LogP contribution in [0.2, 0.25) is 5.02 Å². The molecule has 29 heavy (non-hydrogen) atoms. The number of phenols is 1. The Balaban J connectivity index is 1.83. The molecule has 2 N–H and O–H groups in total. The number of phenolic OH excluding ortho intramolecular Hbond substituents is 1. The minimum absolute atomic E-state index is 0.128. The summed E-state index contributed by atoms with van der Waals surface area (Å²) in [6.07, 6.45) is 2.57. The number of aromatic nitrogens is 2. The van der Waals surface area contributed by atoms with Gasteiger partial charge in [0.15, 0.2) is 0 Å². The van der Waals surface area contributed by atoms with Gasteiger partial charge in [-0.25, -0.2) is 4.98 Å². The first-order valence-corrected chi connectivity index (χ1v) is 9.86. The van der Waals surface area contributed by atoms with E-state index in [1.54, 1.807) is 18.5 Å². The third-order valence-electron chi connectivity index (χ3n) is 5.10. The van der Waals surface area contributed by atoms with Gasteiger partial charge in [0, 0.05) is 29.1 Å². The standard InChI is InChI=1S/C22H23ClN4O2/c1-26(2)10-3-11-27-13-25-22-20(21(27)24)19(14-4-6-15(23)7-5-14)17-9-8-16(28)12-18(17)29-22/h4-9,12-13,19,24,28H,3,10-11H2,1-2H3/t19-/m1/s1. The van der Waals surface area contributed by atoms with Crippen LogP contribution in [0.25, 0.3) is 0 Å². The van der Waals surface area contributed by atoms with Crippen molar-refractivity contribution < 1.29 is 9.84 Å². The number of fused-ring (bicyclic) bond motifs is 2. The minimum Gasteiger partial charge on any atom is -0.508 e. The van der Waals surface area contributed by atoms with Crippen molar-refractivity contribution in [2.75, 3.05) is 20.6 Å². The molecule has 0 aliphatic carbocycles. The predicted octanol–water partition coefficient (Wildman–Crippen LogP) is 3.96. The highest BCUT2D eigenvalue weighted by Crippen LogP contribution is 2.46. The molecule has 0 amide bonds. The number of nitrogens with zero attached hydrogens (tertiary/aromatic N) is 3. The van der Waals surface area contributed by atoms with E-state index in [0.717, 1.165) is 29.7 Å². The summed E-state index contributed by atoms with van der Waals surface area (Å²) in [6.45, 7) is 1.63. The number of halogens is 1. The van der Waals surface area contributed by atoms with E-state index in [2.05, 4.69) is 9.88 Å². The molecule has 0 radical (unpaired) electrons. The molecule has 1 aliphatic heterocycles. The van der Waals surface area contributed by atoms with E-state index in [0.29, 0.717) is 28.7 Å². The Labute approximate surface area is 174 Å². The predicted molar refractivity (Wildman–Crippen MR) is 112 cm³/mol. The molecule has 0 unspecified atom stereocenters. The Morgan fingerprint density at radius 1 is 1.21 bits per heavy atom. The summed E-state index contributed by atoms with van der Waals surface area (Å²) in [5.41, 5.74) is 2.98. The topological polar surface area (TPSA) is 74.4 Å². The van der Waals surface area contributed by atoms with Crippen LogP contribution >= 0.6 is 11.6 Å². The number of aromatic hydroxyl groups is 1. The highest BCUT2D eigenvalue weighted by Gasteiger charge is 2.32.